The second-order valence-electron chi connectivity index (χ2n) is 7.41. The van der Waals surface area contributed by atoms with Crippen molar-refractivity contribution < 1.29 is 4.79 Å². The number of hydrogen-bond acceptors (Lipinski definition) is 3. The first-order valence-corrected chi connectivity index (χ1v) is 8.29. The lowest BCUT2D eigenvalue weighted by Crippen LogP contribution is -2.51. The molecule has 4 heteroatoms. The predicted octanol–water partition coefficient (Wildman–Crippen LogP) is 1.43. The van der Waals surface area contributed by atoms with Gasteiger partial charge >= 0.3 is 0 Å². The molecule has 0 atom stereocenters. The summed E-state index contributed by atoms with van der Waals surface area (Å²) in [5.41, 5.74) is 8.09. The third-order valence-corrected chi connectivity index (χ3v) is 5.04. The van der Waals surface area contributed by atoms with Crippen molar-refractivity contribution in [3.05, 3.63) is 35.4 Å². The standard InChI is InChI=1S/C18H27N3O/c1-17(2,16(22)21-10-8-20-9-11-21)15-5-3-4-14(12-15)13-18(19)6-7-18/h3-5,12,20H,6-11,13,19H2,1-2H3. The van der Waals surface area contributed by atoms with E-state index in [1.54, 1.807) is 0 Å². The summed E-state index contributed by atoms with van der Waals surface area (Å²) in [7, 11) is 0. The van der Waals surface area contributed by atoms with Crippen LogP contribution in [-0.2, 0) is 16.6 Å². The number of benzene rings is 1. The molecule has 0 aromatic heterocycles. The molecule has 120 valence electrons. The van der Waals surface area contributed by atoms with Crippen LogP contribution in [0.25, 0.3) is 0 Å². The molecule has 0 bridgehead atoms. The van der Waals surface area contributed by atoms with Gasteiger partial charge in [0.1, 0.15) is 0 Å². The number of amides is 1. The third kappa shape index (κ3) is 3.18. The number of rotatable bonds is 4. The van der Waals surface area contributed by atoms with Crippen molar-refractivity contribution in [1.82, 2.24) is 10.2 Å². The van der Waals surface area contributed by atoms with Gasteiger partial charge in [-0.05, 0) is 44.2 Å². The average molecular weight is 301 g/mol. The molecule has 3 rings (SSSR count). The number of piperazine rings is 1. The van der Waals surface area contributed by atoms with Crippen molar-refractivity contribution in [3.8, 4) is 0 Å². The Bertz CT molecular complexity index is 557. The first-order valence-electron chi connectivity index (χ1n) is 8.29. The fourth-order valence-corrected chi connectivity index (χ4v) is 3.20. The molecule has 3 N–H and O–H groups in total. The normalized spacial score (nSPS) is 20.8. The van der Waals surface area contributed by atoms with Gasteiger partial charge < -0.3 is 16.0 Å². The Hall–Kier alpha value is -1.39. The zero-order valence-electron chi connectivity index (χ0n) is 13.7. The number of carbonyl (C=O) groups excluding carboxylic acids is 1. The van der Waals surface area contributed by atoms with Crippen molar-refractivity contribution in [2.75, 3.05) is 26.2 Å². The highest BCUT2D eigenvalue weighted by molar-refractivity contribution is 5.87. The molecule has 1 saturated carbocycles. The summed E-state index contributed by atoms with van der Waals surface area (Å²) in [4.78, 5) is 14.9. The Balaban J connectivity index is 1.78. The average Bonchev–Trinajstić information content (AvgIpc) is 3.24. The summed E-state index contributed by atoms with van der Waals surface area (Å²) in [6, 6.07) is 8.43. The van der Waals surface area contributed by atoms with E-state index in [0.29, 0.717) is 0 Å². The van der Waals surface area contributed by atoms with E-state index in [4.69, 9.17) is 5.73 Å². The van der Waals surface area contributed by atoms with Crippen molar-refractivity contribution in [2.45, 2.75) is 44.1 Å². The summed E-state index contributed by atoms with van der Waals surface area (Å²) in [6.07, 6.45) is 3.14. The molecule has 1 aromatic rings. The van der Waals surface area contributed by atoms with Gasteiger partial charge in [-0.1, -0.05) is 24.3 Å². The van der Waals surface area contributed by atoms with Crippen LogP contribution in [0, 0.1) is 0 Å². The van der Waals surface area contributed by atoms with Crippen molar-refractivity contribution in [2.24, 2.45) is 5.73 Å². The van der Waals surface area contributed by atoms with E-state index in [9.17, 15) is 4.79 Å². The first-order chi connectivity index (χ1) is 10.4. The molecule has 2 aliphatic rings. The molecule has 1 aliphatic carbocycles. The Morgan fingerprint density at radius 3 is 2.64 bits per heavy atom. The smallest absolute Gasteiger partial charge is 0.232 e. The van der Waals surface area contributed by atoms with Crippen LogP contribution in [0.2, 0.25) is 0 Å². The van der Waals surface area contributed by atoms with Crippen LogP contribution in [0.5, 0.6) is 0 Å². The summed E-state index contributed by atoms with van der Waals surface area (Å²) < 4.78 is 0. The predicted molar refractivity (Wildman–Crippen MR) is 88.8 cm³/mol. The fraction of sp³-hybridized carbons (Fsp3) is 0.611. The van der Waals surface area contributed by atoms with Gasteiger partial charge in [0.25, 0.3) is 0 Å². The quantitative estimate of drug-likeness (QED) is 0.884. The van der Waals surface area contributed by atoms with Crippen molar-refractivity contribution in [1.29, 1.82) is 0 Å². The van der Waals surface area contributed by atoms with E-state index in [-0.39, 0.29) is 11.4 Å². The van der Waals surface area contributed by atoms with E-state index >= 15 is 0 Å². The third-order valence-electron chi connectivity index (χ3n) is 5.04. The Labute approximate surface area is 133 Å². The van der Waals surface area contributed by atoms with Gasteiger partial charge in [0.05, 0.1) is 5.41 Å². The van der Waals surface area contributed by atoms with E-state index in [0.717, 1.165) is 51.0 Å². The molecular weight excluding hydrogens is 274 g/mol. The number of hydrogen-bond donors (Lipinski definition) is 2. The zero-order chi connectivity index (χ0) is 15.8. The van der Waals surface area contributed by atoms with E-state index in [1.165, 1.54) is 5.56 Å². The Morgan fingerprint density at radius 1 is 1.32 bits per heavy atom. The largest absolute Gasteiger partial charge is 0.339 e. The molecule has 0 spiro atoms. The van der Waals surface area contributed by atoms with E-state index in [2.05, 4.69) is 29.6 Å². The van der Waals surface area contributed by atoms with Crippen molar-refractivity contribution in [3.63, 3.8) is 0 Å². The van der Waals surface area contributed by atoms with E-state index in [1.807, 2.05) is 18.7 Å². The highest BCUT2D eigenvalue weighted by Crippen LogP contribution is 2.36. The lowest BCUT2D eigenvalue weighted by molar-refractivity contribution is -0.136. The molecule has 2 fully saturated rings. The molecule has 1 heterocycles. The summed E-state index contributed by atoms with van der Waals surface area (Å²) in [5.74, 6) is 0.222. The molecule has 1 aliphatic heterocycles. The summed E-state index contributed by atoms with van der Waals surface area (Å²) in [6.45, 7) is 7.44. The number of nitrogens with two attached hydrogens (primary N) is 1. The lowest BCUT2D eigenvalue weighted by atomic mass is 9.81. The Kier molecular flexibility index (Phi) is 4.00. The SMILES string of the molecule is CC(C)(C(=O)N1CCNCC1)c1cccc(CC2(N)CC2)c1. The van der Waals surface area contributed by atoms with Crippen molar-refractivity contribution >= 4 is 5.91 Å². The van der Waals surface area contributed by atoms with Gasteiger partial charge in [-0.25, -0.2) is 0 Å². The maximum atomic E-state index is 12.9. The van der Waals surface area contributed by atoms with Gasteiger partial charge in [0.15, 0.2) is 0 Å². The topological polar surface area (TPSA) is 58.4 Å². The van der Waals surface area contributed by atoms with Crippen LogP contribution >= 0.6 is 0 Å². The molecule has 0 unspecified atom stereocenters. The van der Waals surface area contributed by atoms with Crippen LogP contribution in [0.1, 0.15) is 37.8 Å². The second-order valence-corrected chi connectivity index (χ2v) is 7.41. The monoisotopic (exact) mass is 301 g/mol. The van der Waals surface area contributed by atoms with Crippen LogP contribution in [-0.4, -0.2) is 42.5 Å². The maximum Gasteiger partial charge on any atom is 0.232 e. The van der Waals surface area contributed by atoms with Gasteiger partial charge in [-0.2, -0.15) is 0 Å². The second kappa shape index (κ2) is 5.67. The minimum Gasteiger partial charge on any atom is -0.339 e. The molecule has 4 nitrogen and oxygen atoms in total. The van der Waals surface area contributed by atoms with E-state index < -0.39 is 5.41 Å². The molecule has 1 saturated heterocycles. The van der Waals surface area contributed by atoms with Gasteiger partial charge in [0, 0.05) is 31.7 Å². The zero-order valence-corrected chi connectivity index (χ0v) is 13.7. The van der Waals surface area contributed by atoms with Crippen LogP contribution in [0.3, 0.4) is 0 Å². The minimum atomic E-state index is -0.487. The number of carbonyl (C=O) groups is 1. The molecule has 1 amide bonds. The fourth-order valence-electron chi connectivity index (χ4n) is 3.20. The Morgan fingerprint density at radius 2 is 2.00 bits per heavy atom. The highest BCUT2D eigenvalue weighted by atomic mass is 16.2. The minimum absolute atomic E-state index is 0.00527. The lowest BCUT2D eigenvalue weighted by Gasteiger charge is -2.35. The van der Waals surface area contributed by atoms with Crippen LogP contribution in [0.4, 0.5) is 0 Å². The molecule has 1 aromatic carbocycles. The highest BCUT2D eigenvalue weighted by Gasteiger charge is 2.39. The van der Waals surface area contributed by atoms with Crippen LogP contribution in [0.15, 0.2) is 24.3 Å². The van der Waals surface area contributed by atoms with Gasteiger partial charge in [-0.15, -0.1) is 0 Å². The number of nitrogens with one attached hydrogen (secondary N) is 1. The molecule has 22 heavy (non-hydrogen) atoms. The summed E-state index contributed by atoms with van der Waals surface area (Å²) in [5, 5.41) is 3.29. The van der Waals surface area contributed by atoms with Crippen LogP contribution < -0.4 is 11.1 Å². The number of nitrogens with zero attached hydrogens (tertiary/aromatic N) is 1. The van der Waals surface area contributed by atoms with Gasteiger partial charge in [-0.3, -0.25) is 4.79 Å². The molecular formula is C18H27N3O. The molecule has 0 radical (unpaired) electrons. The maximum absolute atomic E-state index is 12.9. The summed E-state index contributed by atoms with van der Waals surface area (Å²) >= 11 is 0. The van der Waals surface area contributed by atoms with Gasteiger partial charge in [0.2, 0.25) is 5.91 Å². The first kappa shape index (κ1) is 15.5.